The van der Waals surface area contributed by atoms with Crippen LogP contribution in [-0.4, -0.2) is 17.1 Å². The van der Waals surface area contributed by atoms with Gasteiger partial charge in [-0.15, -0.1) is 5.48 Å². The SMILES string of the molecule is CC(C)CC1CC(C2=C(C3CC3)C(CCC(=O)O)NO2)C1. The molecular formula is C17H27NO3. The molecule has 1 aliphatic heterocycles. The van der Waals surface area contributed by atoms with Crippen molar-refractivity contribution in [3.63, 3.8) is 0 Å². The van der Waals surface area contributed by atoms with E-state index in [-0.39, 0.29) is 12.5 Å². The van der Waals surface area contributed by atoms with Gasteiger partial charge >= 0.3 is 5.97 Å². The summed E-state index contributed by atoms with van der Waals surface area (Å²) in [5.74, 6) is 3.31. The highest BCUT2D eigenvalue weighted by Gasteiger charge is 2.44. The minimum Gasteiger partial charge on any atom is -0.481 e. The molecule has 4 heteroatoms. The van der Waals surface area contributed by atoms with Gasteiger partial charge in [-0.3, -0.25) is 4.79 Å². The second kappa shape index (κ2) is 5.99. The molecular weight excluding hydrogens is 266 g/mol. The van der Waals surface area contributed by atoms with Crippen molar-refractivity contribution in [2.24, 2.45) is 23.7 Å². The van der Waals surface area contributed by atoms with Gasteiger partial charge in [-0.2, -0.15) is 0 Å². The zero-order valence-corrected chi connectivity index (χ0v) is 13.1. The fraction of sp³-hybridized carbons (Fsp3) is 0.824. The Morgan fingerprint density at radius 2 is 2.05 bits per heavy atom. The number of hydrogen-bond donors (Lipinski definition) is 2. The molecule has 0 aromatic rings. The summed E-state index contributed by atoms with van der Waals surface area (Å²) in [6.07, 6.45) is 7.16. The maximum Gasteiger partial charge on any atom is 0.303 e. The molecule has 4 nitrogen and oxygen atoms in total. The molecule has 3 aliphatic rings. The Bertz CT molecular complexity index is 433. The van der Waals surface area contributed by atoms with Crippen LogP contribution in [0.3, 0.4) is 0 Å². The zero-order valence-electron chi connectivity index (χ0n) is 13.1. The molecule has 1 heterocycles. The number of carboxylic acids is 1. The van der Waals surface area contributed by atoms with Crippen molar-refractivity contribution < 1.29 is 14.7 Å². The van der Waals surface area contributed by atoms with Gasteiger partial charge in [-0.05, 0) is 61.9 Å². The lowest BCUT2D eigenvalue weighted by Gasteiger charge is -2.36. The van der Waals surface area contributed by atoms with E-state index in [9.17, 15) is 4.79 Å². The number of hydrogen-bond acceptors (Lipinski definition) is 3. The van der Waals surface area contributed by atoms with Crippen molar-refractivity contribution in [2.45, 2.75) is 64.8 Å². The molecule has 2 saturated carbocycles. The number of allylic oxidation sites excluding steroid dienone is 1. The average molecular weight is 293 g/mol. The highest BCUT2D eigenvalue weighted by Crippen LogP contribution is 2.50. The summed E-state index contributed by atoms with van der Waals surface area (Å²) >= 11 is 0. The molecule has 0 bridgehead atoms. The van der Waals surface area contributed by atoms with E-state index in [0.29, 0.717) is 18.3 Å². The van der Waals surface area contributed by atoms with Gasteiger partial charge in [0.2, 0.25) is 0 Å². The Labute approximate surface area is 126 Å². The van der Waals surface area contributed by atoms with Crippen molar-refractivity contribution in [3.05, 3.63) is 11.3 Å². The molecule has 0 spiro atoms. The predicted octanol–water partition coefficient (Wildman–Crippen LogP) is 3.49. The van der Waals surface area contributed by atoms with Crippen LogP contribution in [0.4, 0.5) is 0 Å². The lowest BCUT2D eigenvalue weighted by molar-refractivity contribution is -0.137. The van der Waals surface area contributed by atoms with Crippen molar-refractivity contribution in [1.82, 2.24) is 5.48 Å². The molecule has 3 rings (SSSR count). The topological polar surface area (TPSA) is 58.6 Å². The Morgan fingerprint density at radius 3 is 2.62 bits per heavy atom. The summed E-state index contributed by atoms with van der Waals surface area (Å²) in [5.41, 5.74) is 4.51. The maximum atomic E-state index is 10.8. The molecule has 2 fully saturated rings. The first kappa shape index (κ1) is 14.9. The van der Waals surface area contributed by atoms with E-state index in [0.717, 1.165) is 11.8 Å². The molecule has 2 N–H and O–H groups in total. The fourth-order valence-corrected chi connectivity index (χ4v) is 3.92. The zero-order chi connectivity index (χ0) is 15.0. The molecule has 0 aromatic carbocycles. The van der Waals surface area contributed by atoms with E-state index < -0.39 is 5.97 Å². The second-order valence-electron chi connectivity index (χ2n) is 7.46. The van der Waals surface area contributed by atoms with Crippen LogP contribution in [-0.2, 0) is 9.63 Å². The van der Waals surface area contributed by atoms with Gasteiger partial charge < -0.3 is 9.94 Å². The number of rotatable bonds is 7. The molecule has 0 aromatic heterocycles. The number of hydroxylamine groups is 1. The summed E-state index contributed by atoms with van der Waals surface area (Å²) in [6.45, 7) is 4.58. The van der Waals surface area contributed by atoms with Gasteiger partial charge in [0.05, 0.1) is 6.04 Å². The van der Waals surface area contributed by atoms with Gasteiger partial charge in [-0.1, -0.05) is 13.8 Å². The van der Waals surface area contributed by atoms with E-state index in [1.54, 1.807) is 0 Å². The van der Waals surface area contributed by atoms with Crippen LogP contribution < -0.4 is 5.48 Å². The van der Waals surface area contributed by atoms with Gasteiger partial charge in [0.15, 0.2) is 0 Å². The minimum absolute atomic E-state index is 0.132. The summed E-state index contributed by atoms with van der Waals surface area (Å²) in [4.78, 5) is 16.6. The van der Waals surface area contributed by atoms with E-state index >= 15 is 0 Å². The highest BCUT2D eigenvalue weighted by atomic mass is 16.7. The number of nitrogens with one attached hydrogen (secondary N) is 1. The highest BCUT2D eigenvalue weighted by molar-refractivity contribution is 5.66. The number of carbonyl (C=O) groups is 1. The van der Waals surface area contributed by atoms with Crippen molar-refractivity contribution in [3.8, 4) is 0 Å². The van der Waals surface area contributed by atoms with Crippen LogP contribution in [0.1, 0.15) is 58.8 Å². The molecule has 0 amide bonds. The third kappa shape index (κ3) is 3.42. The quantitative estimate of drug-likeness (QED) is 0.754. The monoisotopic (exact) mass is 293 g/mol. The van der Waals surface area contributed by atoms with Crippen LogP contribution in [0.15, 0.2) is 11.3 Å². The summed E-state index contributed by atoms with van der Waals surface area (Å²) in [7, 11) is 0. The maximum absolute atomic E-state index is 10.8. The third-order valence-corrected chi connectivity index (χ3v) is 5.05. The Morgan fingerprint density at radius 1 is 1.33 bits per heavy atom. The second-order valence-corrected chi connectivity index (χ2v) is 7.46. The molecule has 118 valence electrons. The van der Waals surface area contributed by atoms with Crippen LogP contribution in [0.2, 0.25) is 0 Å². The summed E-state index contributed by atoms with van der Waals surface area (Å²) in [5, 5.41) is 8.88. The Balaban J connectivity index is 1.61. The first-order valence-electron chi connectivity index (χ1n) is 8.42. The largest absolute Gasteiger partial charge is 0.481 e. The van der Waals surface area contributed by atoms with Crippen LogP contribution >= 0.6 is 0 Å². The predicted molar refractivity (Wildman–Crippen MR) is 80.3 cm³/mol. The molecule has 1 unspecified atom stereocenters. The average Bonchev–Trinajstić information content (AvgIpc) is 3.11. The summed E-state index contributed by atoms with van der Waals surface area (Å²) in [6, 6.07) is 0.132. The van der Waals surface area contributed by atoms with E-state index in [4.69, 9.17) is 9.94 Å². The van der Waals surface area contributed by atoms with Gasteiger partial charge in [-0.25, -0.2) is 0 Å². The lowest BCUT2D eigenvalue weighted by Crippen LogP contribution is -2.27. The first-order valence-corrected chi connectivity index (χ1v) is 8.42. The molecule has 2 aliphatic carbocycles. The minimum atomic E-state index is -0.721. The smallest absolute Gasteiger partial charge is 0.303 e. The molecule has 1 atom stereocenters. The standard InChI is InChI=1S/C17H27NO3/c1-10(2)7-11-8-13(9-11)17-16(12-3-4-12)14(18-21-17)5-6-15(19)20/h10-14,18H,3-9H2,1-2H3,(H,19,20). The fourth-order valence-electron chi connectivity index (χ4n) is 3.92. The van der Waals surface area contributed by atoms with Gasteiger partial charge in [0.25, 0.3) is 0 Å². The van der Waals surface area contributed by atoms with E-state index in [1.165, 1.54) is 43.4 Å². The molecule has 0 saturated heterocycles. The van der Waals surface area contributed by atoms with Crippen LogP contribution in [0.5, 0.6) is 0 Å². The van der Waals surface area contributed by atoms with Crippen molar-refractivity contribution >= 4 is 5.97 Å². The van der Waals surface area contributed by atoms with E-state index in [2.05, 4.69) is 19.3 Å². The molecule has 0 radical (unpaired) electrons. The summed E-state index contributed by atoms with van der Waals surface area (Å²) < 4.78 is 0. The normalized spacial score (nSPS) is 32.2. The van der Waals surface area contributed by atoms with Gasteiger partial charge in [0, 0.05) is 12.3 Å². The molecule has 21 heavy (non-hydrogen) atoms. The van der Waals surface area contributed by atoms with Crippen LogP contribution in [0, 0.1) is 23.7 Å². The van der Waals surface area contributed by atoms with Crippen molar-refractivity contribution in [1.29, 1.82) is 0 Å². The van der Waals surface area contributed by atoms with Gasteiger partial charge in [0.1, 0.15) is 5.76 Å². The lowest BCUT2D eigenvalue weighted by atomic mass is 9.69. The first-order chi connectivity index (χ1) is 10.0. The third-order valence-electron chi connectivity index (χ3n) is 5.05. The van der Waals surface area contributed by atoms with Crippen LogP contribution in [0.25, 0.3) is 0 Å². The number of aliphatic carboxylic acids is 1. The van der Waals surface area contributed by atoms with Crippen molar-refractivity contribution in [2.75, 3.05) is 0 Å². The number of carboxylic acid groups (broad SMARTS) is 1. The van der Waals surface area contributed by atoms with E-state index in [1.807, 2.05) is 0 Å². The Hall–Kier alpha value is -1.03. The Kier molecular flexibility index (Phi) is 4.25.